The number of carbonyl (C=O) groups is 1. The third-order valence-electron chi connectivity index (χ3n) is 2.44. The number of hydrogen-bond acceptors (Lipinski definition) is 5. The Morgan fingerprint density at radius 3 is 2.61 bits per heavy atom. The van der Waals surface area contributed by atoms with Crippen LogP contribution < -0.4 is 0 Å². The van der Waals surface area contributed by atoms with Crippen LogP contribution in [0.15, 0.2) is 12.1 Å². The number of aryl methyl sites for hydroxylation is 1. The lowest BCUT2D eigenvalue weighted by Crippen LogP contribution is -2.21. The molecule has 0 aliphatic heterocycles. The van der Waals surface area contributed by atoms with Crippen LogP contribution >= 0.6 is 11.8 Å². The number of phenolic OH excluding ortho intramolecular Hbond substituents is 1. The van der Waals surface area contributed by atoms with Crippen molar-refractivity contribution in [3.05, 3.63) is 29.1 Å². The van der Waals surface area contributed by atoms with E-state index >= 15 is 0 Å². The Morgan fingerprint density at radius 1 is 1.44 bits per heavy atom. The molecule has 0 radical (unpaired) electrons. The molecule has 0 amide bonds. The molecule has 0 saturated carbocycles. The Morgan fingerprint density at radius 2 is 2.06 bits per heavy atom. The monoisotopic (exact) mass is 274 g/mol. The van der Waals surface area contributed by atoms with Gasteiger partial charge in [-0.1, -0.05) is 11.8 Å². The smallest absolute Gasteiger partial charge is 0.185 e. The van der Waals surface area contributed by atoms with Gasteiger partial charge in [-0.15, -0.1) is 0 Å². The van der Waals surface area contributed by atoms with Gasteiger partial charge in [0.15, 0.2) is 5.12 Å². The number of hydrogen-bond donors (Lipinski definition) is 3. The van der Waals surface area contributed by atoms with Gasteiger partial charge in [0.1, 0.15) is 17.7 Å². The highest BCUT2D eigenvalue weighted by molar-refractivity contribution is 8.13. The first-order chi connectivity index (χ1) is 8.32. The second kappa shape index (κ2) is 6.17. The lowest BCUT2D eigenvalue weighted by molar-refractivity contribution is -0.109. The van der Waals surface area contributed by atoms with Crippen molar-refractivity contribution >= 4 is 16.9 Å². The quantitative estimate of drug-likeness (QED) is 0.776. The van der Waals surface area contributed by atoms with E-state index in [2.05, 4.69) is 0 Å². The molecule has 2 unspecified atom stereocenters. The summed E-state index contributed by atoms with van der Waals surface area (Å²) in [6, 6.07) is 2.09. The highest BCUT2D eigenvalue weighted by Gasteiger charge is 2.23. The molecule has 0 aromatic heterocycles. The second-order valence-corrected chi connectivity index (χ2v) is 5.17. The summed E-state index contributed by atoms with van der Waals surface area (Å²) in [7, 11) is 0. The number of phenols is 1. The molecule has 0 bridgehead atoms. The fraction of sp³-hybridized carbons (Fsp3) is 0.417. The van der Waals surface area contributed by atoms with Gasteiger partial charge in [-0.2, -0.15) is 0 Å². The number of aromatic hydroxyl groups is 1. The standard InChI is InChI=1S/C12H15FO4S/c1-6-3-8(13)4-9(11(6)16)12(17)10(15)5-18-7(2)14/h3-4,10,12,15-17H,5H2,1-2H3. The van der Waals surface area contributed by atoms with Gasteiger partial charge in [-0.25, -0.2) is 4.39 Å². The number of thioether (sulfide) groups is 1. The second-order valence-electron chi connectivity index (χ2n) is 3.98. The maximum absolute atomic E-state index is 13.2. The predicted molar refractivity (Wildman–Crippen MR) is 66.9 cm³/mol. The largest absolute Gasteiger partial charge is 0.507 e. The van der Waals surface area contributed by atoms with E-state index in [1.807, 2.05) is 0 Å². The molecule has 4 nitrogen and oxygen atoms in total. The average molecular weight is 274 g/mol. The average Bonchev–Trinajstić information content (AvgIpc) is 2.29. The zero-order chi connectivity index (χ0) is 13.9. The fourth-order valence-electron chi connectivity index (χ4n) is 1.49. The number of aliphatic hydroxyl groups excluding tert-OH is 2. The van der Waals surface area contributed by atoms with E-state index < -0.39 is 18.0 Å². The molecule has 1 aromatic rings. The van der Waals surface area contributed by atoms with Gasteiger partial charge in [0.25, 0.3) is 0 Å². The fourth-order valence-corrected chi connectivity index (χ4v) is 2.08. The molecule has 0 aliphatic carbocycles. The topological polar surface area (TPSA) is 77.8 Å². The third-order valence-corrected chi connectivity index (χ3v) is 3.35. The van der Waals surface area contributed by atoms with E-state index in [0.717, 1.165) is 23.9 Å². The molecular formula is C12H15FO4S. The highest BCUT2D eigenvalue weighted by Crippen LogP contribution is 2.31. The zero-order valence-corrected chi connectivity index (χ0v) is 10.9. The van der Waals surface area contributed by atoms with Crippen molar-refractivity contribution < 1.29 is 24.5 Å². The van der Waals surface area contributed by atoms with Crippen LogP contribution in [-0.2, 0) is 4.79 Å². The summed E-state index contributed by atoms with van der Waals surface area (Å²) in [5.41, 5.74) is 0.194. The summed E-state index contributed by atoms with van der Waals surface area (Å²) in [6.45, 7) is 2.83. The summed E-state index contributed by atoms with van der Waals surface area (Å²) in [5.74, 6) is -0.882. The van der Waals surface area contributed by atoms with Gasteiger partial charge in [-0.05, 0) is 24.6 Å². The van der Waals surface area contributed by atoms with Gasteiger partial charge in [0, 0.05) is 18.2 Å². The van der Waals surface area contributed by atoms with Gasteiger partial charge in [-0.3, -0.25) is 4.79 Å². The molecule has 1 rings (SSSR count). The summed E-state index contributed by atoms with van der Waals surface area (Å²) in [4.78, 5) is 10.7. The first-order valence-electron chi connectivity index (χ1n) is 5.31. The molecule has 0 spiro atoms. The minimum atomic E-state index is -1.44. The molecule has 1 aromatic carbocycles. The normalized spacial score (nSPS) is 14.3. The van der Waals surface area contributed by atoms with Gasteiger partial charge < -0.3 is 15.3 Å². The van der Waals surface area contributed by atoms with Crippen LogP contribution in [0, 0.1) is 12.7 Å². The summed E-state index contributed by atoms with van der Waals surface area (Å²) in [6.07, 6.45) is -2.70. The van der Waals surface area contributed by atoms with E-state index in [4.69, 9.17) is 0 Å². The lowest BCUT2D eigenvalue weighted by atomic mass is 10.0. The number of benzene rings is 1. The first kappa shape index (κ1) is 14.9. The van der Waals surface area contributed by atoms with Crippen molar-refractivity contribution in [3.63, 3.8) is 0 Å². The maximum atomic E-state index is 13.2. The zero-order valence-electron chi connectivity index (χ0n) is 10.1. The Hall–Kier alpha value is -1.11. The molecule has 18 heavy (non-hydrogen) atoms. The lowest BCUT2D eigenvalue weighted by Gasteiger charge is -2.19. The molecule has 0 heterocycles. The SMILES string of the molecule is CC(=O)SCC(O)C(O)c1cc(F)cc(C)c1O. The van der Waals surface area contributed by atoms with Crippen LogP contribution in [0.5, 0.6) is 5.75 Å². The Kier molecular flexibility index (Phi) is 5.13. The van der Waals surface area contributed by atoms with Crippen LogP contribution in [0.25, 0.3) is 0 Å². The number of halogens is 1. The summed E-state index contributed by atoms with van der Waals surface area (Å²) < 4.78 is 13.2. The van der Waals surface area contributed by atoms with Crippen LogP contribution in [-0.4, -0.2) is 32.3 Å². The van der Waals surface area contributed by atoms with Crippen LogP contribution in [0.2, 0.25) is 0 Å². The number of aliphatic hydroxyl groups is 2. The van der Waals surface area contributed by atoms with Crippen molar-refractivity contribution in [2.24, 2.45) is 0 Å². The molecule has 0 fully saturated rings. The van der Waals surface area contributed by atoms with E-state index in [1.165, 1.54) is 13.8 Å². The van der Waals surface area contributed by atoms with E-state index in [-0.39, 0.29) is 27.7 Å². The predicted octanol–water partition coefficient (Wildman–Crippen LogP) is 1.51. The van der Waals surface area contributed by atoms with Crippen molar-refractivity contribution in [1.29, 1.82) is 0 Å². The minimum Gasteiger partial charge on any atom is -0.507 e. The Labute approximate surface area is 108 Å². The van der Waals surface area contributed by atoms with E-state index in [1.54, 1.807) is 0 Å². The molecule has 6 heteroatoms. The van der Waals surface area contributed by atoms with Crippen LogP contribution in [0.4, 0.5) is 4.39 Å². The Bertz CT molecular complexity index is 450. The number of carbonyl (C=O) groups excluding carboxylic acids is 1. The van der Waals surface area contributed by atoms with Crippen molar-refractivity contribution in [2.75, 3.05) is 5.75 Å². The highest BCUT2D eigenvalue weighted by atomic mass is 32.2. The van der Waals surface area contributed by atoms with Gasteiger partial charge >= 0.3 is 0 Å². The van der Waals surface area contributed by atoms with Crippen LogP contribution in [0.1, 0.15) is 24.2 Å². The molecule has 100 valence electrons. The molecular weight excluding hydrogens is 259 g/mol. The molecule has 0 saturated heterocycles. The maximum Gasteiger partial charge on any atom is 0.185 e. The van der Waals surface area contributed by atoms with E-state index in [9.17, 15) is 24.5 Å². The molecule has 2 atom stereocenters. The van der Waals surface area contributed by atoms with Crippen LogP contribution in [0.3, 0.4) is 0 Å². The van der Waals surface area contributed by atoms with Gasteiger partial charge in [0.2, 0.25) is 0 Å². The van der Waals surface area contributed by atoms with Crippen molar-refractivity contribution in [1.82, 2.24) is 0 Å². The Balaban J connectivity index is 2.89. The number of rotatable bonds is 4. The van der Waals surface area contributed by atoms with E-state index in [0.29, 0.717) is 0 Å². The summed E-state index contributed by atoms with van der Waals surface area (Å²) >= 11 is 0.852. The van der Waals surface area contributed by atoms with Crippen molar-refractivity contribution in [2.45, 2.75) is 26.1 Å². The van der Waals surface area contributed by atoms with Gasteiger partial charge in [0.05, 0.1) is 6.10 Å². The minimum absolute atomic E-state index is 0.0223. The first-order valence-corrected chi connectivity index (χ1v) is 6.30. The third kappa shape index (κ3) is 3.69. The molecule has 3 N–H and O–H groups in total. The van der Waals surface area contributed by atoms with Crippen molar-refractivity contribution in [3.8, 4) is 5.75 Å². The molecule has 0 aliphatic rings. The summed E-state index contributed by atoms with van der Waals surface area (Å²) in [5, 5.41) is 29.0.